The summed E-state index contributed by atoms with van der Waals surface area (Å²) in [7, 11) is 0. The summed E-state index contributed by atoms with van der Waals surface area (Å²) < 4.78 is 5.52. The summed E-state index contributed by atoms with van der Waals surface area (Å²) in [5.74, 6) is 0.261. The van der Waals surface area contributed by atoms with Crippen molar-refractivity contribution in [3.63, 3.8) is 0 Å². The average molecular weight is 210 g/mol. The number of aromatic amines is 1. The third kappa shape index (κ3) is 2.79. The molecule has 5 heteroatoms. The van der Waals surface area contributed by atoms with Crippen LogP contribution in [-0.2, 0) is 11.2 Å². The standard InChI is InChI=1S/C10H14N2O3/c13-9-6-10(14)12-8(11-9)5-7-3-1-2-4-15-7/h6-7H,1-5H2,(H2,11,12,13,14). The Hall–Kier alpha value is -1.36. The van der Waals surface area contributed by atoms with E-state index in [-0.39, 0.29) is 17.5 Å². The molecular formula is C10H14N2O3. The lowest BCUT2D eigenvalue weighted by Gasteiger charge is -2.21. The van der Waals surface area contributed by atoms with Crippen LogP contribution in [0.3, 0.4) is 0 Å². The van der Waals surface area contributed by atoms with Crippen molar-refractivity contribution >= 4 is 0 Å². The van der Waals surface area contributed by atoms with E-state index in [1.807, 2.05) is 0 Å². The van der Waals surface area contributed by atoms with Crippen molar-refractivity contribution in [3.05, 3.63) is 22.2 Å². The van der Waals surface area contributed by atoms with Crippen LogP contribution in [0.15, 0.2) is 10.9 Å². The third-order valence-electron chi connectivity index (χ3n) is 2.47. The molecule has 1 unspecified atom stereocenters. The molecule has 1 saturated heterocycles. The largest absolute Gasteiger partial charge is 0.493 e. The third-order valence-corrected chi connectivity index (χ3v) is 2.47. The second-order valence-electron chi connectivity index (χ2n) is 3.74. The van der Waals surface area contributed by atoms with Gasteiger partial charge in [0.25, 0.3) is 5.56 Å². The van der Waals surface area contributed by atoms with Gasteiger partial charge in [-0.1, -0.05) is 0 Å². The Morgan fingerprint density at radius 1 is 1.60 bits per heavy atom. The van der Waals surface area contributed by atoms with Crippen LogP contribution in [0.2, 0.25) is 0 Å². The zero-order chi connectivity index (χ0) is 10.7. The van der Waals surface area contributed by atoms with Crippen LogP contribution in [0.5, 0.6) is 5.88 Å². The van der Waals surface area contributed by atoms with Gasteiger partial charge < -0.3 is 14.8 Å². The molecule has 0 saturated carbocycles. The number of aromatic nitrogens is 2. The van der Waals surface area contributed by atoms with E-state index in [1.165, 1.54) is 0 Å². The Bertz CT molecular complexity index is 382. The summed E-state index contributed by atoms with van der Waals surface area (Å²) in [6.07, 6.45) is 3.90. The lowest BCUT2D eigenvalue weighted by atomic mass is 10.1. The van der Waals surface area contributed by atoms with Gasteiger partial charge in [0.1, 0.15) is 5.82 Å². The summed E-state index contributed by atoms with van der Waals surface area (Å²) in [6.45, 7) is 0.772. The molecule has 0 spiro atoms. The van der Waals surface area contributed by atoms with Gasteiger partial charge in [0.15, 0.2) is 0 Å². The number of H-pyrrole nitrogens is 1. The number of nitrogens with one attached hydrogen (secondary N) is 1. The number of nitrogens with zero attached hydrogens (tertiary/aromatic N) is 1. The van der Waals surface area contributed by atoms with Crippen LogP contribution < -0.4 is 5.56 Å². The molecule has 1 aliphatic rings. The van der Waals surface area contributed by atoms with Crippen molar-refractivity contribution < 1.29 is 9.84 Å². The second kappa shape index (κ2) is 4.44. The van der Waals surface area contributed by atoms with Gasteiger partial charge in [-0.3, -0.25) is 4.79 Å². The molecule has 1 aromatic rings. The van der Waals surface area contributed by atoms with Crippen LogP contribution >= 0.6 is 0 Å². The van der Waals surface area contributed by atoms with Crippen LogP contribution in [-0.4, -0.2) is 27.8 Å². The Morgan fingerprint density at radius 3 is 3.13 bits per heavy atom. The molecule has 0 radical (unpaired) electrons. The van der Waals surface area contributed by atoms with E-state index in [9.17, 15) is 4.79 Å². The van der Waals surface area contributed by atoms with Gasteiger partial charge in [0.2, 0.25) is 5.88 Å². The molecule has 5 nitrogen and oxygen atoms in total. The topological polar surface area (TPSA) is 75.2 Å². The Kier molecular flexibility index (Phi) is 3.01. The number of aromatic hydroxyl groups is 1. The zero-order valence-corrected chi connectivity index (χ0v) is 8.40. The highest BCUT2D eigenvalue weighted by atomic mass is 16.5. The van der Waals surface area contributed by atoms with Crippen molar-refractivity contribution in [1.29, 1.82) is 0 Å². The first-order valence-electron chi connectivity index (χ1n) is 5.15. The van der Waals surface area contributed by atoms with E-state index in [0.29, 0.717) is 12.2 Å². The van der Waals surface area contributed by atoms with Crippen molar-refractivity contribution in [1.82, 2.24) is 9.97 Å². The monoisotopic (exact) mass is 210 g/mol. The van der Waals surface area contributed by atoms with E-state index in [1.54, 1.807) is 0 Å². The molecule has 2 N–H and O–H groups in total. The first-order valence-corrected chi connectivity index (χ1v) is 5.15. The fraction of sp³-hybridized carbons (Fsp3) is 0.600. The van der Waals surface area contributed by atoms with Crippen LogP contribution in [0, 0.1) is 0 Å². The molecule has 2 heterocycles. The average Bonchev–Trinajstić information content (AvgIpc) is 2.17. The quantitative estimate of drug-likeness (QED) is 0.749. The van der Waals surface area contributed by atoms with E-state index in [2.05, 4.69) is 9.97 Å². The molecular weight excluding hydrogens is 196 g/mol. The van der Waals surface area contributed by atoms with Gasteiger partial charge >= 0.3 is 0 Å². The van der Waals surface area contributed by atoms with E-state index in [4.69, 9.17) is 9.84 Å². The van der Waals surface area contributed by atoms with Gasteiger partial charge in [-0.2, -0.15) is 0 Å². The summed E-state index contributed by atoms with van der Waals surface area (Å²) in [5, 5.41) is 9.15. The lowest BCUT2D eigenvalue weighted by molar-refractivity contribution is 0.0155. The van der Waals surface area contributed by atoms with Crippen LogP contribution in [0.1, 0.15) is 25.1 Å². The fourth-order valence-corrected chi connectivity index (χ4v) is 1.77. The number of rotatable bonds is 2. The van der Waals surface area contributed by atoms with Gasteiger partial charge in [-0.05, 0) is 19.3 Å². The van der Waals surface area contributed by atoms with Crippen molar-refractivity contribution in [2.75, 3.05) is 6.61 Å². The second-order valence-corrected chi connectivity index (χ2v) is 3.74. The first kappa shape index (κ1) is 10.2. The van der Waals surface area contributed by atoms with Crippen LogP contribution in [0.4, 0.5) is 0 Å². The van der Waals surface area contributed by atoms with Gasteiger partial charge in [-0.25, -0.2) is 4.98 Å². The molecule has 82 valence electrons. The number of hydrogen-bond donors (Lipinski definition) is 2. The maximum absolute atomic E-state index is 11.1. The molecule has 1 aliphatic heterocycles. The molecule has 1 aromatic heterocycles. The molecule has 1 atom stereocenters. The molecule has 0 bridgehead atoms. The molecule has 1 fully saturated rings. The maximum atomic E-state index is 11.1. The van der Waals surface area contributed by atoms with Crippen molar-refractivity contribution in [3.8, 4) is 5.88 Å². The van der Waals surface area contributed by atoms with Gasteiger partial charge in [0, 0.05) is 13.0 Å². The van der Waals surface area contributed by atoms with E-state index >= 15 is 0 Å². The minimum Gasteiger partial charge on any atom is -0.493 e. The SMILES string of the molecule is O=c1cc(O)nc(CC2CCCCO2)[nH]1. The highest BCUT2D eigenvalue weighted by Crippen LogP contribution is 2.15. The lowest BCUT2D eigenvalue weighted by Crippen LogP contribution is -2.23. The van der Waals surface area contributed by atoms with Crippen molar-refractivity contribution in [2.45, 2.75) is 31.8 Å². The fourth-order valence-electron chi connectivity index (χ4n) is 1.77. The van der Waals surface area contributed by atoms with Gasteiger partial charge in [-0.15, -0.1) is 0 Å². The van der Waals surface area contributed by atoms with Crippen molar-refractivity contribution in [2.24, 2.45) is 0 Å². The zero-order valence-electron chi connectivity index (χ0n) is 8.40. The minimum absolute atomic E-state index is 0.115. The number of hydrogen-bond acceptors (Lipinski definition) is 4. The molecule has 0 aromatic carbocycles. The Labute approximate surface area is 87.1 Å². The Morgan fingerprint density at radius 2 is 2.47 bits per heavy atom. The predicted octanol–water partition coefficient (Wildman–Crippen LogP) is 0.587. The summed E-state index contributed by atoms with van der Waals surface area (Å²) in [4.78, 5) is 17.5. The smallest absolute Gasteiger partial charge is 0.254 e. The molecule has 0 aliphatic carbocycles. The highest BCUT2D eigenvalue weighted by molar-refractivity contribution is 5.07. The summed E-state index contributed by atoms with van der Waals surface area (Å²) in [6, 6.07) is 1.06. The molecule has 0 amide bonds. The predicted molar refractivity (Wildman–Crippen MR) is 53.8 cm³/mol. The molecule has 15 heavy (non-hydrogen) atoms. The summed E-state index contributed by atoms with van der Waals surface area (Å²) >= 11 is 0. The maximum Gasteiger partial charge on any atom is 0.254 e. The Balaban J connectivity index is 2.06. The first-order chi connectivity index (χ1) is 7.24. The van der Waals surface area contributed by atoms with Crippen LogP contribution in [0.25, 0.3) is 0 Å². The highest BCUT2D eigenvalue weighted by Gasteiger charge is 2.15. The minimum atomic E-state index is -0.326. The van der Waals surface area contributed by atoms with E-state index < -0.39 is 0 Å². The normalized spacial score (nSPS) is 21.5. The molecule has 2 rings (SSSR count). The number of ether oxygens (including phenoxy) is 1. The van der Waals surface area contributed by atoms with Gasteiger partial charge in [0.05, 0.1) is 12.2 Å². The summed E-state index contributed by atoms with van der Waals surface area (Å²) in [5.41, 5.74) is -0.326. The van der Waals surface area contributed by atoms with E-state index in [0.717, 1.165) is 31.9 Å².